The molecule has 1 unspecified atom stereocenters. The Morgan fingerprint density at radius 3 is 2.59 bits per heavy atom. The second kappa shape index (κ2) is 13.3. The molecule has 0 saturated carbocycles. The van der Waals surface area contributed by atoms with Gasteiger partial charge in [-0.25, -0.2) is 9.97 Å². The Hall–Kier alpha value is -5.07. The van der Waals surface area contributed by atoms with Gasteiger partial charge in [-0.1, -0.05) is 24.6 Å². The SMILES string of the molecule is CC1CC2(CCN(C(=O)c3ncnc(N4CC(O)C4)c3O)CC2)c2c1n(CC(=O)Nc1ccc(C(F)(F)F)cc1Cl)c1nc(C3=CCOCC3)nn1c2=O. The van der Waals surface area contributed by atoms with E-state index in [9.17, 15) is 37.8 Å². The first kappa shape index (κ1) is 35.9. The highest BCUT2D eigenvalue weighted by Gasteiger charge is 2.49. The number of fused-ring (bicyclic) bond motifs is 3. The number of β-amino-alcohol motifs (C(OH)–C–C–N with tert-alkyl or cyclic N) is 1. The molecule has 1 aliphatic carbocycles. The predicted molar refractivity (Wildman–Crippen MR) is 188 cm³/mol. The Bertz CT molecular complexity index is 2280. The summed E-state index contributed by atoms with van der Waals surface area (Å²) in [4.78, 5) is 58.0. The fourth-order valence-electron chi connectivity index (χ4n) is 8.14. The van der Waals surface area contributed by atoms with Crippen LogP contribution < -0.4 is 15.8 Å². The standard InChI is InChI=1S/C35H35ClF3N9O6/c1-18-13-34(6-8-45(9-7-34)32(53)26-28(51)30(41-17-40-26)46-14-21(49)15-46)25-27(18)47(16-24(50)42-23-3-2-20(12-22(23)36)35(37,38)39)33-43-29(44-48(33)31(25)52)19-4-10-54-11-5-19/h2-4,12,17-18,21,49,51H,5-11,13-16H2,1H3,(H,42,50). The molecule has 8 rings (SSSR count). The number of halogens is 4. The predicted octanol–water partition coefficient (Wildman–Crippen LogP) is 3.36. The van der Waals surface area contributed by atoms with Gasteiger partial charge >= 0.3 is 6.18 Å². The van der Waals surface area contributed by atoms with E-state index in [1.54, 1.807) is 14.4 Å². The minimum absolute atomic E-state index is 0.0104. The Balaban J connectivity index is 1.12. The highest BCUT2D eigenvalue weighted by atomic mass is 35.5. The number of aliphatic hydroxyl groups is 1. The molecule has 2 amide bonds. The number of amides is 2. The first-order valence-electron chi connectivity index (χ1n) is 17.5. The zero-order valence-electron chi connectivity index (χ0n) is 28.9. The molecule has 4 aromatic rings. The molecule has 2 fully saturated rings. The maximum atomic E-state index is 14.5. The average Bonchev–Trinajstić information content (AvgIpc) is 3.70. The van der Waals surface area contributed by atoms with Gasteiger partial charge in [0, 0.05) is 42.9 Å². The van der Waals surface area contributed by atoms with E-state index in [2.05, 4.69) is 20.4 Å². The maximum Gasteiger partial charge on any atom is 0.416 e. The molecular weight excluding hydrogens is 735 g/mol. The molecule has 3 aromatic heterocycles. The van der Waals surface area contributed by atoms with Crippen molar-refractivity contribution in [3.63, 3.8) is 0 Å². The third-order valence-corrected chi connectivity index (χ3v) is 11.1. The highest BCUT2D eigenvalue weighted by molar-refractivity contribution is 6.33. The van der Waals surface area contributed by atoms with Gasteiger partial charge in [0.2, 0.25) is 11.7 Å². The van der Waals surface area contributed by atoms with Gasteiger partial charge in [0.25, 0.3) is 11.5 Å². The third-order valence-electron chi connectivity index (χ3n) is 10.8. The monoisotopic (exact) mass is 769 g/mol. The molecule has 19 heteroatoms. The smallest absolute Gasteiger partial charge is 0.416 e. The van der Waals surface area contributed by atoms with Crippen molar-refractivity contribution in [2.75, 3.05) is 49.6 Å². The van der Waals surface area contributed by atoms with Crippen LogP contribution in [-0.4, -0.2) is 102 Å². The van der Waals surface area contributed by atoms with Crippen LogP contribution in [0.5, 0.6) is 5.75 Å². The van der Waals surface area contributed by atoms with Gasteiger partial charge < -0.3 is 34.6 Å². The minimum Gasteiger partial charge on any atom is -0.503 e. The molecule has 6 heterocycles. The number of nitrogens with one attached hydrogen (secondary N) is 1. The Morgan fingerprint density at radius 1 is 1.17 bits per heavy atom. The molecule has 0 radical (unpaired) electrons. The highest BCUT2D eigenvalue weighted by Crippen LogP contribution is 2.50. The van der Waals surface area contributed by atoms with Gasteiger partial charge in [-0.15, -0.1) is 5.10 Å². The van der Waals surface area contributed by atoms with Gasteiger partial charge in [-0.05, 0) is 55.4 Å². The second-order valence-electron chi connectivity index (χ2n) is 14.2. The fraction of sp³-hybridized carbons (Fsp3) is 0.457. The maximum absolute atomic E-state index is 14.5. The molecule has 284 valence electrons. The van der Waals surface area contributed by atoms with E-state index >= 15 is 0 Å². The number of benzene rings is 1. The molecule has 1 aromatic carbocycles. The molecule has 0 bridgehead atoms. The Kier molecular flexibility index (Phi) is 8.88. The van der Waals surface area contributed by atoms with Crippen molar-refractivity contribution >= 4 is 46.3 Å². The molecule has 54 heavy (non-hydrogen) atoms. The minimum atomic E-state index is -4.62. The van der Waals surface area contributed by atoms with Crippen molar-refractivity contribution in [1.82, 2.24) is 34.0 Å². The van der Waals surface area contributed by atoms with Crippen LogP contribution in [0.1, 0.15) is 71.7 Å². The molecule has 15 nitrogen and oxygen atoms in total. The van der Waals surface area contributed by atoms with Crippen LogP contribution in [-0.2, 0) is 27.7 Å². The van der Waals surface area contributed by atoms with Crippen molar-refractivity contribution in [2.24, 2.45) is 0 Å². The number of aromatic nitrogens is 6. The van der Waals surface area contributed by atoms with E-state index < -0.39 is 35.1 Å². The summed E-state index contributed by atoms with van der Waals surface area (Å²) in [7, 11) is 0. The van der Waals surface area contributed by atoms with Gasteiger partial charge in [0.1, 0.15) is 12.9 Å². The molecular formula is C35H35ClF3N9O6. The summed E-state index contributed by atoms with van der Waals surface area (Å²) >= 11 is 6.15. The van der Waals surface area contributed by atoms with Crippen LogP contribution in [0.2, 0.25) is 5.02 Å². The topological polar surface area (TPSA) is 180 Å². The normalized spacial score (nSPS) is 19.9. The number of aliphatic hydroxyl groups excluding tert-OH is 1. The number of nitrogens with zero attached hydrogens (tertiary/aromatic N) is 8. The van der Waals surface area contributed by atoms with Crippen LogP contribution in [0.3, 0.4) is 0 Å². The molecule has 4 aliphatic rings. The Morgan fingerprint density at radius 2 is 1.93 bits per heavy atom. The van der Waals surface area contributed by atoms with E-state index in [-0.39, 0.29) is 77.9 Å². The largest absolute Gasteiger partial charge is 0.503 e. The summed E-state index contributed by atoms with van der Waals surface area (Å²) < 4.78 is 48.1. The van der Waals surface area contributed by atoms with Crippen LogP contribution in [0, 0.1) is 0 Å². The number of piperidine rings is 1. The van der Waals surface area contributed by atoms with Crippen molar-refractivity contribution < 1.29 is 37.7 Å². The number of alkyl halides is 3. The number of aromatic hydroxyl groups is 1. The van der Waals surface area contributed by atoms with Gasteiger partial charge in [0.15, 0.2) is 23.1 Å². The van der Waals surface area contributed by atoms with Crippen LogP contribution >= 0.6 is 11.6 Å². The molecule has 3 N–H and O–H groups in total. The van der Waals surface area contributed by atoms with Crippen LogP contribution in [0.15, 0.2) is 35.4 Å². The van der Waals surface area contributed by atoms with Crippen LogP contribution in [0.4, 0.5) is 24.7 Å². The quantitative estimate of drug-likeness (QED) is 0.262. The summed E-state index contributed by atoms with van der Waals surface area (Å²) in [5, 5.41) is 27.6. The lowest BCUT2D eigenvalue weighted by Crippen LogP contribution is -2.51. The van der Waals surface area contributed by atoms with Gasteiger partial charge in [-0.3, -0.25) is 14.4 Å². The zero-order valence-corrected chi connectivity index (χ0v) is 29.7. The number of ether oxygens (including phenoxy) is 1. The fourth-order valence-corrected chi connectivity index (χ4v) is 8.37. The summed E-state index contributed by atoms with van der Waals surface area (Å²) in [5.74, 6) is -1.07. The lowest BCUT2D eigenvalue weighted by molar-refractivity contribution is -0.137. The molecule has 1 atom stereocenters. The lowest BCUT2D eigenvalue weighted by Gasteiger charge is -2.40. The first-order valence-corrected chi connectivity index (χ1v) is 17.9. The zero-order chi connectivity index (χ0) is 38.1. The first-order chi connectivity index (χ1) is 25.7. The van der Waals surface area contributed by atoms with E-state index in [1.165, 1.54) is 10.8 Å². The number of hydrogen-bond donors (Lipinski definition) is 3. The van der Waals surface area contributed by atoms with Crippen molar-refractivity contribution in [1.29, 1.82) is 0 Å². The number of anilines is 2. The Labute approximate surface area is 310 Å². The van der Waals surface area contributed by atoms with E-state index in [0.29, 0.717) is 56.0 Å². The number of likely N-dealkylation sites (tertiary alicyclic amines) is 1. The van der Waals surface area contributed by atoms with Crippen molar-refractivity contribution in [3.05, 3.63) is 74.3 Å². The second-order valence-corrected chi connectivity index (χ2v) is 14.6. The summed E-state index contributed by atoms with van der Waals surface area (Å²) in [6, 6.07) is 2.66. The lowest BCUT2D eigenvalue weighted by atomic mass is 9.73. The summed E-state index contributed by atoms with van der Waals surface area (Å²) in [6.45, 7) is 3.44. The number of rotatable bonds is 6. The summed E-state index contributed by atoms with van der Waals surface area (Å²) in [5.41, 5.74) is -0.348. The number of carbonyl (C=O) groups is 2. The molecule has 1 spiro atoms. The van der Waals surface area contributed by atoms with Gasteiger partial charge in [-0.2, -0.15) is 22.7 Å². The van der Waals surface area contributed by atoms with Crippen molar-refractivity contribution in [2.45, 2.75) is 62.8 Å². The van der Waals surface area contributed by atoms with E-state index in [0.717, 1.165) is 23.8 Å². The molecule has 2 saturated heterocycles. The van der Waals surface area contributed by atoms with E-state index in [4.69, 9.17) is 21.3 Å². The molecule has 3 aliphatic heterocycles. The average molecular weight is 770 g/mol. The number of hydrogen-bond acceptors (Lipinski definition) is 11. The van der Waals surface area contributed by atoms with E-state index in [1.807, 2.05) is 13.0 Å². The number of carbonyl (C=O) groups excluding carboxylic acids is 2. The van der Waals surface area contributed by atoms with Crippen molar-refractivity contribution in [3.8, 4) is 5.75 Å². The van der Waals surface area contributed by atoms with Gasteiger partial charge in [0.05, 0.1) is 35.6 Å². The third kappa shape index (κ3) is 6.14. The van der Waals surface area contributed by atoms with Crippen LogP contribution in [0.25, 0.3) is 11.4 Å². The summed E-state index contributed by atoms with van der Waals surface area (Å²) in [6.07, 6.45) is -0.283.